The molecule has 374 valence electrons. The maximum Gasteiger partial charge on any atom is 0.328 e. The van der Waals surface area contributed by atoms with Crippen molar-refractivity contribution in [3.05, 3.63) is 65.7 Å². The zero-order valence-electron chi connectivity index (χ0n) is 43.5. The van der Waals surface area contributed by atoms with Gasteiger partial charge in [-0.15, -0.1) is 0 Å². The minimum atomic E-state index is -0.894. The molecule has 0 aliphatic carbocycles. The molecule has 0 bridgehead atoms. The average molecular weight is 925 g/mol. The number of likely N-dealkylation sites (N-methyl/N-ethyl adjacent to an activating group) is 2. The number of hydrogen-bond acceptors (Lipinski definition) is 10. The molecular formula is C52H88N6O8. The topological polar surface area (TPSA) is 150 Å². The molecule has 1 aliphatic rings. The lowest BCUT2D eigenvalue weighted by atomic mass is 9.90. The first kappa shape index (κ1) is 59.5. The number of rotatable bonds is 24. The van der Waals surface area contributed by atoms with Gasteiger partial charge in [0.15, 0.2) is 0 Å². The molecule has 0 spiro atoms. The monoisotopic (exact) mass is 925 g/mol. The van der Waals surface area contributed by atoms with E-state index in [9.17, 15) is 24.0 Å². The lowest BCUT2D eigenvalue weighted by Crippen LogP contribution is -2.55. The Morgan fingerprint density at radius 3 is 1.94 bits per heavy atom. The van der Waals surface area contributed by atoms with Crippen molar-refractivity contribution in [2.45, 2.75) is 144 Å². The first-order valence-electron chi connectivity index (χ1n) is 24.2. The SMILES string of the molecule is CC.CCC.CC[C@H](C)C(C(CC(=O)N1CCC[C@H]1[C@H](OC)C(C)C(=O)NC(Cc1ccccc1)C(=O)OC)OC)N(C)C(=O)CNC(=O)C(C(C)C)N(C)CCc1ccc(N(C)C)cc1. The molecule has 2 N–H and O–H groups in total. The number of anilines is 1. The summed E-state index contributed by atoms with van der Waals surface area (Å²) in [5.41, 5.74) is 3.18. The Morgan fingerprint density at radius 1 is 0.818 bits per heavy atom. The molecule has 2 aromatic carbocycles. The van der Waals surface area contributed by atoms with Gasteiger partial charge in [-0.05, 0) is 61.4 Å². The lowest BCUT2D eigenvalue weighted by molar-refractivity contribution is -0.148. The molecule has 4 amide bonds. The highest BCUT2D eigenvalue weighted by molar-refractivity contribution is 5.88. The van der Waals surface area contributed by atoms with Crippen molar-refractivity contribution in [1.82, 2.24) is 25.3 Å². The second kappa shape index (κ2) is 31.4. The van der Waals surface area contributed by atoms with Crippen LogP contribution in [-0.4, -0.2) is 150 Å². The molecule has 1 saturated heterocycles. The van der Waals surface area contributed by atoms with Gasteiger partial charge < -0.3 is 39.5 Å². The summed E-state index contributed by atoms with van der Waals surface area (Å²) in [6.07, 6.45) is 3.09. The summed E-state index contributed by atoms with van der Waals surface area (Å²) in [6.45, 7) is 19.0. The summed E-state index contributed by atoms with van der Waals surface area (Å²) in [5, 5.41) is 5.77. The van der Waals surface area contributed by atoms with Gasteiger partial charge in [0.2, 0.25) is 23.6 Å². The first-order valence-corrected chi connectivity index (χ1v) is 24.2. The van der Waals surface area contributed by atoms with Gasteiger partial charge in [0.05, 0.1) is 56.3 Å². The van der Waals surface area contributed by atoms with Gasteiger partial charge in [0.1, 0.15) is 6.04 Å². The van der Waals surface area contributed by atoms with Crippen molar-refractivity contribution in [2.75, 3.05) is 74.1 Å². The Bertz CT molecular complexity index is 1710. The van der Waals surface area contributed by atoms with E-state index < -0.39 is 48.3 Å². The zero-order chi connectivity index (χ0) is 50.1. The number of esters is 1. The molecule has 14 heteroatoms. The third-order valence-corrected chi connectivity index (χ3v) is 12.4. The van der Waals surface area contributed by atoms with E-state index in [-0.39, 0.29) is 54.9 Å². The predicted molar refractivity (Wildman–Crippen MR) is 266 cm³/mol. The van der Waals surface area contributed by atoms with E-state index >= 15 is 0 Å². The fourth-order valence-electron chi connectivity index (χ4n) is 8.62. The Labute approximate surface area is 398 Å². The van der Waals surface area contributed by atoms with Crippen LogP contribution < -0.4 is 15.5 Å². The number of carbonyl (C=O) groups is 5. The number of ether oxygens (including phenoxy) is 3. The number of methoxy groups -OCH3 is 3. The van der Waals surface area contributed by atoms with Gasteiger partial charge in [0.25, 0.3) is 0 Å². The molecule has 5 unspecified atom stereocenters. The van der Waals surface area contributed by atoms with E-state index in [1.54, 1.807) is 30.9 Å². The normalized spacial score (nSPS) is 16.5. The Hall–Kier alpha value is -4.53. The Balaban J connectivity index is 0.00000417. The Morgan fingerprint density at radius 2 is 1.42 bits per heavy atom. The van der Waals surface area contributed by atoms with Gasteiger partial charge >= 0.3 is 5.97 Å². The summed E-state index contributed by atoms with van der Waals surface area (Å²) in [4.78, 5) is 75.6. The molecule has 3 rings (SSSR count). The van der Waals surface area contributed by atoms with Crippen LogP contribution >= 0.6 is 0 Å². The summed E-state index contributed by atoms with van der Waals surface area (Å²) in [7, 11) is 12.0. The largest absolute Gasteiger partial charge is 0.467 e. The molecule has 1 aliphatic heterocycles. The van der Waals surface area contributed by atoms with Gasteiger partial charge in [-0.25, -0.2) is 4.79 Å². The molecule has 66 heavy (non-hydrogen) atoms. The fourth-order valence-corrected chi connectivity index (χ4v) is 8.62. The number of hydrogen-bond donors (Lipinski definition) is 2. The van der Waals surface area contributed by atoms with Crippen LogP contribution in [-0.2, 0) is 51.0 Å². The number of carbonyl (C=O) groups excluding carboxylic acids is 5. The van der Waals surface area contributed by atoms with E-state index in [0.29, 0.717) is 19.5 Å². The van der Waals surface area contributed by atoms with Crippen LogP contribution in [0.25, 0.3) is 0 Å². The van der Waals surface area contributed by atoms with Crippen molar-refractivity contribution in [1.29, 1.82) is 0 Å². The van der Waals surface area contributed by atoms with E-state index in [1.165, 1.54) is 26.2 Å². The van der Waals surface area contributed by atoms with Crippen molar-refractivity contribution in [2.24, 2.45) is 17.8 Å². The standard InChI is InChI=1S/C47H74N6O8.C3H8.C2H6/c1-13-32(4)43(52(9)41(55)30-48-46(57)42(31(2)3)51(8)27-25-34-21-23-36(24-22-34)50(6)7)39(59-10)29-40(54)53-26-17-20-38(53)44(60-11)33(5)45(56)49-37(47(58)61-12)28-35-18-15-14-16-19-35;1-3-2;1-2/h14-16,18-19,21-24,31-33,37-39,42-44H,13,17,20,25-30H2,1-12H3,(H,48,57)(H,49,56);3H2,1-2H3;1-2H3/t32-,33?,37?,38-,39?,42?,43?,44+;;/m0../s1. The fraction of sp³-hybridized carbons (Fsp3) is 0.673. The van der Waals surface area contributed by atoms with Crippen LogP contribution in [0.5, 0.6) is 0 Å². The van der Waals surface area contributed by atoms with Gasteiger partial charge in [-0.1, -0.05) is 118 Å². The molecular weight excluding hydrogens is 837 g/mol. The quantitative estimate of drug-likeness (QED) is 0.110. The smallest absolute Gasteiger partial charge is 0.328 e. The summed E-state index contributed by atoms with van der Waals surface area (Å²) in [5.74, 6) is -2.33. The van der Waals surface area contributed by atoms with Gasteiger partial charge in [-0.3, -0.25) is 24.1 Å². The highest BCUT2D eigenvalue weighted by atomic mass is 16.5. The lowest BCUT2D eigenvalue weighted by Gasteiger charge is -2.39. The van der Waals surface area contributed by atoms with E-state index in [2.05, 4.69) is 53.6 Å². The van der Waals surface area contributed by atoms with Crippen LogP contribution in [0.3, 0.4) is 0 Å². The molecule has 1 heterocycles. The number of likely N-dealkylation sites (tertiary alicyclic amines) is 1. The van der Waals surface area contributed by atoms with E-state index in [1.807, 2.05) is 97.9 Å². The van der Waals surface area contributed by atoms with Crippen LogP contribution in [0, 0.1) is 17.8 Å². The van der Waals surface area contributed by atoms with Crippen LogP contribution in [0.15, 0.2) is 54.6 Å². The maximum absolute atomic E-state index is 14.2. The molecule has 0 saturated carbocycles. The third-order valence-electron chi connectivity index (χ3n) is 12.4. The number of nitrogens with zero attached hydrogens (tertiary/aromatic N) is 4. The van der Waals surface area contributed by atoms with Crippen LogP contribution in [0.1, 0.15) is 106 Å². The van der Waals surface area contributed by atoms with Crippen LogP contribution in [0.4, 0.5) is 5.69 Å². The van der Waals surface area contributed by atoms with E-state index in [0.717, 1.165) is 30.5 Å². The first-order chi connectivity index (χ1) is 31.4. The van der Waals surface area contributed by atoms with Crippen molar-refractivity contribution in [3.8, 4) is 0 Å². The minimum Gasteiger partial charge on any atom is -0.467 e. The average Bonchev–Trinajstić information content (AvgIpc) is 3.80. The zero-order valence-corrected chi connectivity index (χ0v) is 43.5. The predicted octanol–water partition coefficient (Wildman–Crippen LogP) is 6.63. The van der Waals surface area contributed by atoms with Crippen molar-refractivity contribution >= 4 is 35.3 Å². The van der Waals surface area contributed by atoms with Gasteiger partial charge in [0, 0.05) is 60.6 Å². The van der Waals surface area contributed by atoms with Crippen LogP contribution in [0.2, 0.25) is 0 Å². The summed E-state index contributed by atoms with van der Waals surface area (Å²) in [6, 6.07) is 15.6. The minimum absolute atomic E-state index is 0.00256. The van der Waals surface area contributed by atoms with Crippen molar-refractivity contribution < 1.29 is 38.2 Å². The second-order valence-electron chi connectivity index (χ2n) is 17.8. The highest BCUT2D eigenvalue weighted by Gasteiger charge is 2.42. The summed E-state index contributed by atoms with van der Waals surface area (Å²) >= 11 is 0. The van der Waals surface area contributed by atoms with Crippen molar-refractivity contribution in [3.63, 3.8) is 0 Å². The summed E-state index contributed by atoms with van der Waals surface area (Å²) < 4.78 is 16.9. The highest BCUT2D eigenvalue weighted by Crippen LogP contribution is 2.29. The van der Waals surface area contributed by atoms with E-state index in [4.69, 9.17) is 14.2 Å². The van der Waals surface area contributed by atoms with Gasteiger partial charge in [-0.2, -0.15) is 0 Å². The number of nitrogens with one attached hydrogen (secondary N) is 2. The third kappa shape index (κ3) is 18.3. The molecule has 1 fully saturated rings. The maximum atomic E-state index is 14.2. The molecule has 0 radical (unpaired) electrons. The Kier molecular flexibility index (Phi) is 28.3. The molecule has 0 aromatic heterocycles. The number of amides is 4. The molecule has 8 atom stereocenters. The molecule has 2 aromatic rings. The molecule has 14 nitrogen and oxygen atoms in total. The second-order valence-corrected chi connectivity index (χ2v) is 17.8. The number of benzene rings is 2.